The number of aryl methyl sites for hydroxylation is 1. The van der Waals surface area contributed by atoms with Gasteiger partial charge in [-0.3, -0.25) is 4.79 Å². The van der Waals surface area contributed by atoms with Crippen LogP contribution in [-0.2, 0) is 27.7 Å². The molecule has 1 atom stereocenters. The van der Waals surface area contributed by atoms with Crippen LogP contribution < -0.4 is 5.32 Å². The van der Waals surface area contributed by atoms with Crippen LogP contribution in [0.25, 0.3) is 0 Å². The number of carbonyl (C=O) groups is 1. The van der Waals surface area contributed by atoms with Crippen molar-refractivity contribution in [1.29, 1.82) is 5.26 Å². The molecule has 1 aliphatic carbocycles. The third kappa shape index (κ3) is 4.13. The number of amides is 1. The number of carbonyl (C=O) groups excluding carboxylic acids is 1. The third-order valence-corrected chi connectivity index (χ3v) is 8.86. The smallest absolute Gasteiger partial charge is 0.244 e. The van der Waals surface area contributed by atoms with Gasteiger partial charge in [-0.25, -0.2) is 13.4 Å². The number of nitriles is 1. The number of rotatable bonds is 4. The van der Waals surface area contributed by atoms with Crippen molar-refractivity contribution in [3.05, 3.63) is 40.4 Å². The number of benzene rings is 1. The third-order valence-electron chi connectivity index (χ3n) is 5.87. The second kappa shape index (κ2) is 8.46. The molecule has 1 amide bonds. The van der Waals surface area contributed by atoms with Gasteiger partial charge in [-0.05, 0) is 50.2 Å². The average Bonchev–Trinajstić information content (AvgIpc) is 3.15. The minimum Gasteiger partial charge on any atom is -0.302 e. The maximum Gasteiger partial charge on any atom is 0.244 e. The highest BCUT2D eigenvalue weighted by molar-refractivity contribution is 7.89. The second-order valence-corrected chi connectivity index (χ2v) is 11.0. The predicted octanol–water partition coefficient (Wildman–Crippen LogP) is 3.18. The Morgan fingerprint density at radius 2 is 2.00 bits per heavy atom. The average molecular weight is 445 g/mol. The van der Waals surface area contributed by atoms with Crippen molar-refractivity contribution in [2.75, 3.05) is 18.4 Å². The summed E-state index contributed by atoms with van der Waals surface area (Å²) in [6.45, 7) is 2.75. The van der Waals surface area contributed by atoms with Gasteiger partial charge in [-0.15, -0.1) is 11.3 Å². The number of piperidine rings is 1. The molecule has 30 heavy (non-hydrogen) atoms. The first-order chi connectivity index (χ1) is 14.4. The lowest BCUT2D eigenvalue weighted by atomic mass is 9.93. The molecule has 1 unspecified atom stereocenters. The van der Waals surface area contributed by atoms with Crippen molar-refractivity contribution in [3.8, 4) is 6.07 Å². The largest absolute Gasteiger partial charge is 0.302 e. The molecule has 2 heterocycles. The number of fused-ring (bicyclic) bond motifs is 1. The van der Waals surface area contributed by atoms with E-state index in [-0.39, 0.29) is 35.4 Å². The standard InChI is InChI=1S/C21H24N4O3S2/c1-14-6-7-17-18(12-14)29-21(23-17)24-20(26)15-8-10-25(11-9-15)30(27,28)19-5-3-2-4-16(19)13-22/h2-5,14-15H,6-12H2,1H3,(H,23,24,26). The molecule has 1 aliphatic heterocycles. The molecule has 0 radical (unpaired) electrons. The van der Waals surface area contributed by atoms with Crippen molar-refractivity contribution in [3.63, 3.8) is 0 Å². The summed E-state index contributed by atoms with van der Waals surface area (Å²) in [6.07, 6.45) is 4.00. The number of nitrogens with zero attached hydrogens (tertiary/aromatic N) is 3. The Balaban J connectivity index is 1.39. The van der Waals surface area contributed by atoms with Crippen LogP contribution in [0.4, 0.5) is 5.13 Å². The minimum atomic E-state index is -3.75. The molecule has 2 aromatic rings. The van der Waals surface area contributed by atoms with Gasteiger partial charge in [0.25, 0.3) is 0 Å². The van der Waals surface area contributed by atoms with E-state index < -0.39 is 10.0 Å². The van der Waals surface area contributed by atoms with E-state index in [1.54, 1.807) is 23.5 Å². The molecular weight excluding hydrogens is 420 g/mol. The van der Waals surface area contributed by atoms with Crippen LogP contribution in [0.3, 0.4) is 0 Å². The number of aromatic nitrogens is 1. The topological polar surface area (TPSA) is 103 Å². The van der Waals surface area contributed by atoms with E-state index in [4.69, 9.17) is 0 Å². The zero-order valence-electron chi connectivity index (χ0n) is 16.8. The van der Waals surface area contributed by atoms with Crippen LogP contribution in [0, 0.1) is 23.2 Å². The van der Waals surface area contributed by atoms with Crippen molar-refractivity contribution in [2.24, 2.45) is 11.8 Å². The van der Waals surface area contributed by atoms with Crippen LogP contribution >= 0.6 is 11.3 Å². The first-order valence-electron chi connectivity index (χ1n) is 10.2. The number of hydrogen-bond donors (Lipinski definition) is 1. The van der Waals surface area contributed by atoms with Gasteiger partial charge in [0.05, 0.1) is 16.2 Å². The summed E-state index contributed by atoms with van der Waals surface area (Å²) >= 11 is 1.56. The van der Waals surface area contributed by atoms with Gasteiger partial charge in [0.15, 0.2) is 5.13 Å². The Hall–Kier alpha value is -2.28. The monoisotopic (exact) mass is 444 g/mol. The number of nitrogens with one attached hydrogen (secondary N) is 1. The van der Waals surface area contributed by atoms with E-state index in [9.17, 15) is 18.5 Å². The summed E-state index contributed by atoms with van der Waals surface area (Å²) < 4.78 is 27.2. The zero-order valence-corrected chi connectivity index (χ0v) is 18.4. The SMILES string of the molecule is CC1CCc2nc(NC(=O)C3CCN(S(=O)(=O)c4ccccc4C#N)CC3)sc2C1. The zero-order chi connectivity index (χ0) is 21.3. The Bertz CT molecular complexity index is 1100. The van der Waals surface area contributed by atoms with Crippen molar-refractivity contribution < 1.29 is 13.2 Å². The summed E-state index contributed by atoms with van der Waals surface area (Å²) in [5.74, 6) is 0.310. The molecule has 4 rings (SSSR count). The van der Waals surface area contributed by atoms with E-state index in [2.05, 4.69) is 17.2 Å². The molecule has 7 nitrogen and oxygen atoms in total. The summed E-state index contributed by atoms with van der Waals surface area (Å²) in [6, 6.07) is 8.16. The fourth-order valence-electron chi connectivity index (χ4n) is 4.08. The van der Waals surface area contributed by atoms with Gasteiger partial charge in [-0.2, -0.15) is 9.57 Å². The normalized spacial score (nSPS) is 20.3. The van der Waals surface area contributed by atoms with Crippen LogP contribution in [0.2, 0.25) is 0 Å². The van der Waals surface area contributed by atoms with E-state index in [0.717, 1.165) is 25.0 Å². The molecule has 1 saturated heterocycles. The minimum absolute atomic E-state index is 0.0259. The van der Waals surface area contributed by atoms with Gasteiger partial charge < -0.3 is 5.32 Å². The first-order valence-corrected chi connectivity index (χ1v) is 12.4. The summed E-state index contributed by atoms with van der Waals surface area (Å²) in [5.41, 5.74) is 1.24. The maximum absolute atomic E-state index is 12.9. The Morgan fingerprint density at radius 1 is 1.27 bits per heavy atom. The molecule has 0 spiro atoms. The van der Waals surface area contributed by atoms with E-state index >= 15 is 0 Å². The lowest BCUT2D eigenvalue weighted by molar-refractivity contribution is -0.120. The molecule has 1 aromatic carbocycles. The van der Waals surface area contributed by atoms with Crippen molar-refractivity contribution in [2.45, 2.75) is 43.9 Å². The molecule has 158 valence electrons. The Labute approximate surface area is 180 Å². The highest BCUT2D eigenvalue weighted by atomic mass is 32.2. The van der Waals surface area contributed by atoms with E-state index in [0.29, 0.717) is 23.9 Å². The highest BCUT2D eigenvalue weighted by Crippen LogP contribution is 2.33. The predicted molar refractivity (Wildman–Crippen MR) is 115 cm³/mol. The number of thiazole rings is 1. The van der Waals surface area contributed by atoms with Crippen LogP contribution in [0.15, 0.2) is 29.2 Å². The quantitative estimate of drug-likeness (QED) is 0.780. The summed E-state index contributed by atoms with van der Waals surface area (Å²) in [7, 11) is -3.75. The molecule has 2 aliphatic rings. The molecule has 1 aromatic heterocycles. The van der Waals surface area contributed by atoms with Crippen LogP contribution in [0.5, 0.6) is 0 Å². The number of sulfonamides is 1. The van der Waals surface area contributed by atoms with Crippen LogP contribution in [0.1, 0.15) is 42.3 Å². The summed E-state index contributed by atoms with van der Waals surface area (Å²) in [4.78, 5) is 18.6. The molecule has 1 N–H and O–H groups in total. The Kier molecular flexibility index (Phi) is 5.91. The molecule has 0 bridgehead atoms. The number of hydrogen-bond acceptors (Lipinski definition) is 6. The second-order valence-electron chi connectivity index (χ2n) is 8.01. The van der Waals surface area contributed by atoms with Gasteiger partial charge >= 0.3 is 0 Å². The lowest BCUT2D eigenvalue weighted by Crippen LogP contribution is -2.41. The highest BCUT2D eigenvalue weighted by Gasteiger charge is 2.33. The lowest BCUT2D eigenvalue weighted by Gasteiger charge is -2.30. The maximum atomic E-state index is 12.9. The van der Waals surface area contributed by atoms with Crippen molar-refractivity contribution in [1.82, 2.24) is 9.29 Å². The molecule has 1 fully saturated rings. The Morgan fingerprint density at radius 3 is 2.73 bits per heavy atom. The van der Waals surface area contributed by atoms with Crippen LogP contribution in [-0.4, -0.2) is 36.7 Å². The molecular formula is C21H24N4O3S2. The van der Waals surface area contributed by atoms with Gasteiger partial charge in [0.1, 0.15) is 6.07 Å². The fraction of sp³-hybridized carbons (Fsp3) is 0.476. The van der Waals surface area contributed by atoms with E-state index in [1.165, 1.54) is 21.3 Å². The van der Waals surface area contributed by atoms with Gasteiger partial charge in [0, 0.05) is 23.9 Å². The van der Waals surface area contributed by atoms with E-state index in [1.807, 2.05) is 6.07 Å². The molecule has 0 saturated carbocycles. The fourth-order valence-corrected chi connectivity index (χ4v) is 6.87. The van der Waals surface area contributed by atoms with Gasteiger partial charge in [-0.1, -0.05) is 19.1 Å². The van der Waals surface area contributed by atoms with Gasteiger partial charge in [0.2, 0.25) is 15.9 Å². The number of anilines is 1. The first kappa shape index (κ1) is 21.0. The summed E-state index contributed by atoms with van der Waals surface area (Å²) in [5, 5.41) is 12.8. The molecule has 9 heteroatoms. The van der Waals surface area contributed by atoms with Crippen molar-refractivity contribution >= 4 is 32.4 Å².